The van der Waals surface area contributed by atoms with E-state index in [9.17, 15) is 18.3 Å². The van der Waals surface area contributed by atoms with Crippen molar-refractivity contribution in [1.29, 1.82) is 0 Å². The van der Waals surface area contributed by atoms with Crippen molar-refractivity contribution in [2.75, 3.05) is 36.2 Å². The second-order valence-corrected chi connectivity index (χ2v) is 5.36. The number of alkyl halides is 3. The van der Waals surface area contributed by atoms with Crippen molar-refractivity contribution >= 4 is 23.5 Å². The van der Waals surface area contributed by atoms with E-state index in [-0.39, 0.29) is 18.3 Å². The van der Waals surface area contributed by atoms with Gasteiger partial charge in [-0.2, -0.15) is 29.9 Å². The smallest absolute Gasteiger partial charge is 0.387 e. The SMILES string of the molecule is CNc1nc(NCC(C)(O)CSC)cc(C(F)(F)F)n1. The standard InChI is InChI=1S/C11H17F3N4OS/c1-10(19,6-20-3)5-16-8-4-7(11(12,13)14)17-9(15-2)18-8/h4,19H,5-6H2,1-3H3,(H2,15,16,17,18). The Bertz CT molecular complexity index is 454. The lowest BCUT2D eigenvalue weighted by molar-refractivity contribution is -0.141. The summed E-state index contributed by atoms with van der Waals surface area (Å²) in [5.41, 5.74) is -2.08. The highest BCUT2D eigenvalue weighted by Crippen LogP contribution is 2.29. The lowest BCUT2D eigenvalue weighted by atomic mass is 10.1. The van der Waals surface area contributed by atoms with E-state index in [4.69, 9.17) is 0 Å². The summed E-state index contributed by atoms with van der Waals surface area (Å²) < 4.78 is 38.0. The van der Waals surface area contributed by atoms with Gasteiger partial charge in [-0.05, 0) is 13.2 Å². The number of hydrogen-bond acceptors (Lipinski definition) is 6. The molecule has 0 aliphatic heterocycles. The van der Waals surface area contributed by atoms with Gasteiger partial charge in [0.15, 0.2) is 5.69 Å². The molecule has 3 N–H and O–H groups in total. The maximum Gasteiger partial charge on any atom is 0.433 e. The van der Waals surface area contributed by atoms with Crippen molar-refractivity contribution < 1.29 is 18.3 Å². The summed E-state index contributed by atoms with van der Waals surface area (Å²) >= 11 is 1.44. The minimum Gasteiger partial charge on any atom is -0.387 e. The normalized spacial score (nSPS) is 14.8. The summed E-state index contributed by atoms with van der Waals surface area (Å²) in [4.78, 5) is 7.23. The van der Waals surface area contributed by atoms with Gasteiger partial charge in [0.2, 0.25) is 5.95 Å². The molecule has 1 rings (SSSR count). The van der Waals surface area contributed by atoms with Crippen molar-refractivity contribution in [1.82, 2.24) is 9.97 Å². The number of aliphatic hydroxyl groups is 1. The summed E-state index contributed by atoms with van der Waals surface area (Å²) in [5, 5.41) is 15.1. The molecule has 1 atom stereocenters. The topological polar surface area (TPSA) is 70.1 Å². The number of aromatic nitrogens is 2. The van der Waals surface area contributed by atoms with Crippen molar-refractivity contribution in [3.05, 3.63) is 11.8 Å². The fourth-order valence-corrected chi connectivity index (χ4v) is 2.16. The van der Waals surface area contributed by atoms with Gasteiger partial charge in [0.1, 0.15) is 5.82 Å². The maximum atomic E-state index is 12.7. The molecule has 5 nitrogen and oxygen atoms in total. The van der Waals surface area contributed by atoms with Crippen molar-refractivity contribution in [3.8, 4) is 0 Å². The zero-order chi connectivity index (χ0) is 15.4. The number of nitrogens with one attached hydrogen (secondary N) is 2. The largest absolute Gasteiger partial charge is 0.433 e. The van der Waals surface area contributed by atoms with E-state index >= 15 is 0 Å². The average Bonchev–Trinajstić information content (AvgIpc) is 2.35. The quantitative estimate of drug-likeness (QED) is 0.747. The van der Waals surface area contributed by atoms with Gasteiger partial charge in [-0.25, -0.2) is 4.98 Å². The summed E-state index contributed by atoms with van der Waals surface area (Å²) in [6.45, 7) is 1.69. The molecule has 0 aliphatic carbocycles. The molecule has 1 aromatic rings. The van der Waals surface area contributed by atoms with Gasteiger partial charge in [0.05, 0.1) is 5.60 Å². The first kappa shape index (κ1) is 16.8. The predicted octanol–water partition coefficient (Wildman–Crippen LogP) is 2.06. The van der Waals surface area contributed by atoms with Crippen LogP contribution in [-0.2, 0) is 6.18 Å². The van der Waals surface area contributed by atoms with Crippen molar-refractivity contribution in [3.63, 3.8) is 0 Å². The van der Waals surface area contributed by atoms with Gasteiger partial charge in [-0.1, -0.05) is 0 Å². The molecule has 114 valence electrons. The minimum atomic E-state index is -4.55. The van der Waals surface area contributed by atoms with Crippen LogP contribution >= 0.6 is 11.8 Å². The van der Waals surface area contributed by atoms with Gasteiger partial charge in [0.25, 0.3) is 0 Å². The van der Waals surface area contributed by atoms with Crippen molar-refractivity contribution in [2.45, 2.75) is 18.7 Å². The lowest BCUT2D eigenvalue weighted by Crippen LogP contribution is -2.36. The highest BCUT2D eigenvalue weighted by atomic mass is 32.2. The van der Waals surface area contributed by atoms with E-state index in [2.05, 4.69) is 20.6 Å². The Balaban J connectivity index is 2.90. The molecular formula is C11H17F3N4OS. The van der Waals surface area contributed by atoms with Crippen LogP contribution in [0.2, 0.25) is 0 Å². The van der Waals surface area contributed by atoms with E-state index in [0.29, 0.717) is 5.75 Å². The Morgan fingerprint density at radius 2 is 2.00 bits per heavy atom. The molecular weight excluding hydrogens is 293 g/mol. The first-order valence-electron chi connectivity index (χ1n) is 5.77. The molecule has 0 radical (unpaired) electrons. The Labute approximate surface area is 119 Å². The molecule has 1 aromatic heterocycles. The zero-order valence-electron chi connectivity index (χ0n) is 11.4. The fourth-order valence-electron chi connectivity index (χ4n) is 1.44. The number of hydrogen-bond donors (Lipinski definition) is 3. The predicted molar refractivity (Wildman–Crippen MR) is 74.1 cm³/mol. The second kappa shape index (κ2) is 6.49. The Morgan fingerprint density at radius 1 is 1.35 bits per heavy atom. The monoisotopic (exact) mass is 310 g/mol. The van der Waals surface area contributed by atoms with E-state index in [1.54, 1.807) is 6.92 Å². The summed E-state index contributed by atoms with van der Waals surface area (Å²) in [5.74, 6) is 0.334. The zero-order valence-corrected chi connectivity index (χ0v) is 12.2. The Kier molecular flexibility index (Phi) is 5.46. The van der Waals surface area contributed by atoms with Crippen LogP contribution in [0.5, 0.6) is 0 Å². The molecule has 0 spiro atoms. The van der Waals surface area contributed by atoms with Crippen LogP contribution in [0.1, 0.15) is 12.6 Å². The lowest BCUT2D eigenvalue weighted by Gasteiger charge is -2.23. The van der Waals surface area contributed by atoms with E-state index < -0.39 is 17.5 Å². The van der Waals surface area contributed by atoms with Gasteiger partial charge >= 0.3 is 6.18 Å². The van der Waals surface area contributed by atoms with Gasteiger partial charge in [-0.3, -0.25) is 0 Å². The van der Waals surface area contributed by atoms with Gasteiger partial charge in [-0.15, -0.1) is 0 Å². The highest BCUT2D eigenvalue weighted by molar-refractivity contribution is 7.98. The molecule has 0 amide bonds. The van der Waals surface area contributed by atoms with Crippen LogP contribution in [-0.4, -0.2) is 46.3 Å². The number of nitrogens with zero attached hydrogens (tertiary/aromatic N) is 2. The third kappa shape index (κ3) is 5.04. The fraction of sp³-hybridized carbons (Fsp3) is 0.636. The summed E-state index contributed by atoms with van der Waals surface area (Å²) in [6.07, 6.45) is -2.72. The van der Waals surface area contributed by atoms with E-state index in [1.807, 2.05) is 6.26 Å². The van der Waals surface area contributed by atoms with Crippen LogP contribution in [0.4, 0.5) is 24.9 Å². The highest BCUT2D eigenvalue weighted by Gasteiger charge is 2.33. The van der Waals surface area contributed by atoms with Crippen LogP contribution in [0.3, 0.4) is 0 Å². The molecule has 1 unspecified atom stereocenters. The number of halogens is 3. The molecule has 0 bridgehead atoms. The van der Waals surface area contributed by atoms with Gasteiger partial charge < -0.3 is 15.7 Å². The third-order valence-electron chi connectivity index (χ3n) is 2.35. The third-order valence-corrected chi connectivity index (χ3v) is 3.26. The molecule has 0 saturated heterocycles. The minimum absolute atomic E-state index is 0.0121. The molecule has 1 heterocycles. The maximum absolute atomic E-state index is 12.7. The second-order valence-electron chi connectivity index (χ2n) is 4.49. The molecule has 0 aliphatic rings. The molecule has 0 saturated carbocycles. The summed E-state index contributed by atoms with van der Waals surface area (Å²) in [6, 6.07) is 0.815. The van der Waals surface area contributed by atoms with Crippen LogP contribution in [0.15, 0.2) is 6.07 Å². The van der Waals surface area contributed by atoms with Crippen LogP contribution < -0.4 is 10.6 Å². The molecule has 9 heteroatoms. The van der Waals surface area contributed by atoms with Crippen LogP contribution in [0, 0.1) is 0 Å². The van der Waals surface area contributed by atoms with E-state index in [0.717, 1.165) is 6.07 Å². The van der Waals surface area contributed by atoms with Crippen molar-refractivity contribution in [2.24, 2.45) is 0 Å². The number of anilines is 2. The Morgan fingerprint density at radius 3 is 2.50 bits per heavy atom. The average molecular weight is 310 g/mol. The molecule has 0 aromatic carbocycles. The number of thioether (sulfide) groups is 1. The molecule has 0 fully saturated rings. The molecule has 20 heavy (non-hydrogen) atoms. The van der Waals surface area contributed by atoms with Gasteiger partial charge in [0, 0.05) is 25.4 Å². The van der Waals surface area contributed by atoms with E-state index in [1.165, 1.54) is 18.8 Å². The first-order valence-corrected chi connectivity index (χ1v) is 7.16. The Hall–Kier alpha value is -1.22. The summed E-state index contributed by atoms with van der Waals surface area (Å²) in [7, 11) is 1.43. The van der Waals surface area contributed by atoms with Crippen LogP contribution in [0.25, 0.3) is 0 Å². The number of rotatable bonds is 6. The first-order chi connectivity index (χ1) is 9.18.